The number of hydrogen-bond donors (Lipinski definition) is 1. The van der Waals surface area contributed by atoms with Crippen molar-refractivity contribution >= 4 is 10.9 Å². The number of hydrogen-bond acceptors (Lipinski definition) is 1. The first kappa shape index (κ1) is 9.90. The van der Waals surface area contributed by atoms with Gasteiger partial charge in [-0.25, -0.2) is 4.39 Å². The van der Waals surface area contributed by atoms with Crippen LogP contribution in [0.4, 0.5) is 4.39 Å². The van der Waals surface area contributed by atoms with Crippen molar-refractivity contribution in [3.63, 3.8) is 0 Å². The SMILES string of the molecule is Fc1cccc(Oc2ccc3[nH]ccc3c2)c1. The van der Waals surface area contributed by atoms with Crippen LogP contribution in [0.2, 0.25) is 0 Å². The Labute approximate surface area is 97.7 Å². The maximum atomic E-state index is 13.0. The molecular formula is C14H10FNO. The van der Waals surface area contributed by atoms with Gasteiger partial charge >= 0.3 is 0 Å². The van der Waals surface area contributed by atoms with E-state index in [1.165, 1.54) is 12.1 Å². The Hall–Kier alpha value is -2.29. The molecule has 0 bridgehead atoms. The van der Waals surface area contributed by atoms with E-state index in [1.54, 1.807) is 12.1 Å². The molecular weight excluding hydrogens is 217 g/mol. The first-order valence-electron chi connectivity index (χ1n) is 5.32. The molecule has 2 aromatic carbocycles. The largest absolute Gasteiger partial charge is 0.457 e. The monoisotopic (exact) mass is 227 g/mol. The number of aromatic nitrogens is 1. The van der Waals surface area contributed by atoms with Crippen molar-refractivity contribution in [3.05, 3.63) is 60.5 Å². The van der Waals surface area contributed by atoms with Gasteiger partial charge in [0.1, 0.15) is 17.3 Å². The number of benzene rings is 2. The van der Waals surface area contributed by atoms with Crippen LogP contribution < -0.4 is 4.74 Å². The molecule has 17 heavy (non-hydrogen) atoms. The molecule has 0 spiro atoms. The fourth-order valence-electron chi connectivity index (χ4n) is 1.76. The third-order valence-electron chi connectivity index (χ3n) is 2.56. The lowest BCUT2D eigenvalue weighted by Gasteiger charge is -2.05. The van der Waals surface area contributed by atoms with Gasteiger partial charge in [-0.2, -0.15) is 0 Å². The molecule has 0 aliphatic carbocycles. The highest BCUT2D eigenvalue weighted by Gasteiger charge is 2.00. The number of nitrogens with one attached hydrogen (secondary N) is 1. The predicted molar refractivity (Wildman–Crippen MR) is 64.8 cm³/mol. The summed E-state index contributed by atoms with van der Waals surface area (Å²) < 4.78 is 18.6. The normalized spacial score (nSPS) is 10.6. The van der Waals surface area contributed by atoms with Crippen LogP contribution in [-0.2, 0) is 0 Å². The van der Waals surface area contributed by atoms with E-state index in [4.69, 9.17) is 4.74 Å². The van der Waals surface area contributed by atoms with Crippen molar-refractivity contribution in [2.45, 2.75) is 0 Å². The molecule has 1 heterocycles. The average Bonchev–Trinajstić information content (AvgIpc) is 2.76. The van der Waals surface area contributed by atoms with Gasteiger partial charge in [-0.1, -0.05) is 6.07 Å². The minimum absolute atomic E-state index is 0.301. The molecule has 3 heteroatoms. The number of rotatable bonds is 2. The molecule has 0 unspecified atom stereocenters. The maximum Gasteiger partial charge on any atom is 0.130 e. The van der Waals surface area contributed by atoms with Crippen molar-refractivity contribution in [1.29, 1.82) is 0 Å². The van der Waals surface area contributed by atoms with Gasteiger partial charge in [-0.05, 0) is 36.4 Å². The van der Waals surface area contributed by atoms with E-state index in [1.807, 2.05) is 30.5 Å². The van der Waals surface area contributed by atoms with E-state index in [9.17, 15) is 4.39 Å². The Morgan fingerprint density at radius 3 is 2.71 bits per heavy atom. The standard InChI is InChI=1S/C14H10FNO/c15-11-2-1-3-12(9-11)17-13-4-5-14-10(8-13)6-7-16-14/h1-9,16H. The van der Waals surface area contributed by atoms with E-state index in [0.717, 1.165) is 10.9 Å². The summed E-state index contributed by atoms with van der Waals surface area (Å²) in [6.45, 7) is 0. The van der Waals surface area contributed by atoms with Crippen molar-refractivity contribution in [2.75, 3.05) is 0 Å². The third kappa shape index (κ3) is 1.99. The van der Waals surface area contributed by atoms with Crippen LogP contribution in [0.5, 0.6) is 11.5 Å². The zero-order valence-corrected chi connectivity index (χ0v) is 8.98. The molecule has 84 valence electrons. The lowest BCUT2D eigenvalue weighted by atomic mass is 10.2. The van der Waals surface area contributed by atoms with Gasteiger partial charge in [0.25, 0.3) is 0 Å². The maximum absolute atomic E-state index is 13.0. The first-order valence-corrected chi connectivity index (χ1v) is 5.32. The molecule has 0 atom stereocenters. The summed E-state index contributed by atoms with van der Waals surface area (Å²) >= 11 is 0. The molecule has 0 saturated carbocycles. The summed E-state index contributed by atoms with van der Waals surface area (Å²) in [6.07, 6.45) is 1.87. The third-order valence-corrected chi connectivity index (χ3v) is 2.56. The molecule has 0 fully saturated rings. The zero-order chi connectivity index (χ0) is 11.7. The summed E-state index contributed by atoms with van der Waals surface area (Å²) in [5.41, 5.74) is 1.05. The fourth-order valence-corrected chi connectivity index (χ4v) is 1.76. The highest BCUT2D eigenvalue weighted by atomic mass is 19.1. The smallest absolute Gasteiger partial charge is 0.130 e. The second kappa shape index (κ2) is 3.94. The molecule has 1 aromatic heterocycles. The minimum atomic E-state index is -0.301. The van der Waals surface area contributed by atoms with Crippen LogP contribution in [0, 0.1) is 5.82 Å². The van der Waals surface area contributed by atoms with E-state index in [0.29, 0.717) is 11.5 Å². The number of aromatic amines is 1. The summed E-state index contributed by atoms with van der Waals surface area (Å²) in [4.78, 5) is 3.10. The molecule has 3 rings (SSSR count). The van der Waals surface area contributed by atoms with Gasteiger partial charge in [0.05, 0.1) is 0 Å². The van der Waals surface area contributed by atoms with Crippen LogP contribution >= 0.6 is 0 Å². The molecule has 0 saturated heterocycles. The summed E-state index contributed by atoms with van der Waals surface area (Å²) in [5, 5.41) is 1.07. The lowest BCUT2D eigenvalue weighted by molar-refractivity contribution is 0.477. The van der Waals surface area contributed by atoms with E-state index < -0.39 is 0 Å². The van der Waals surface area contributed by atoms with Crippen molar-refractivity contribution in [3.8, 4) is 11.5 Å². The van der Waals surface area contributed by atoms with E-state index in [-0.39, 0.29) is 5.82 Å². The molecule has 0 radical (unpaired) electrons. The first-order chi connectivity index (χ1) is 8.31. The Morgan fingerprint density at radius 2 is 1.82 bits per heavy atom. The molecule has 3 aromatic rings. The summed E-state index contributed by atoms with van der Waals surface area (Å²) in [6, 6.07) is 13.8. The van der Waals surface area contributed by atoms with Crippen LogP contribution in [0.15, 0.2) is 54.7 Å². The molecule has 1 N–H and O–H groups in total. The van der Waals surface area contributed by atoms with Crippen LogP contribution in [-0.4, -0.2) is 4.98 Å². The molecule has 0 aliphatic heterocycles. The fraction of sp³-hybridized carbons (Fsp3) is 0. The van der Waals surface area contributed by atoms with Crippen molar-refractivity contribution < 1.29 is 9.13 Å². The van der Waals surface area contributed by atoms with Crippen molar-refractivity contribution in [1.82, 2.24) is 4.98 Å². The highest BCUT2D eigenvalue weighted by molar-refractivity contribution is 5.80. The van der Waals surface area contributed by atoms with E-state index in [2.05, 4.69) is 4.98 Å². The predicted octanol–water partition coefficient (Wildman–Crippen LogP) is 4.10. The highest BCUT2D eigenvalue weighted by Crippen LogP contribution is 2.25. The zero-order valence-electron chi connectivity index (χ0n) is 8.98. The molecule has 0 aliphatic rings. The number of H-pyrrole nitrogens is 1. The van der Waals surface area contributed by atoms with Gasteiger partial charge in [0.2, 0.25) is 0 Å². The number of halogens is 1. The average molecular weight is 227 g/mol. The van der Waals surface area contributed by atoms with Crippen LogP contribution in [0.1, 0.15) is 0 Å². The van der Waals surface area contributed by atoms with E-state index >= 15 is 0 Å². The minimum Gasteiger partial charge on any atom is -0.457 e. The Bertz CT molecular complexity index is 660. The molecule has 0 amide bonds. The topological polar surface area (TPSA) is 25.0 Å². The number of fused-ring (bicyclic) bond motifs is 1. The second-order valence-electron chi connectivity index (χ2n) is 3.79. The number of ether oxygens (including phenoxy) is 1. The van der Waals surface area contributed by atoms with Gasteiger partial charge in [0, 0.05) is 23.2 Å². The van der Waals surface area contributed by atoms with Crippen molar-refractivity contribution in [2.24, 2.45) is 0 Å². The Kier molecular flexibility index (Phi) is 2.29. The van der Waals surface area contributed by atoms with Gasteiger partial charge < -0.3 is 9.72 Å². The lowest BCUT2D eigenvalue weighted by Crippen LogP contribution is -1.84. The van der Waals surface area contributed by atoms with Crippen LogP contribution in [0.3, 0.4) is 0 Å². The van der Waals surface area contributed by atoms with Gasteiger partial charge in [-0.3, -0.25) is 0 Å². The Morgan fingerprint density at radius 1 is 0.941 bits per heavy atom. The second-order valence-corrected chi connectivity index (χ2v) is 3.79. The molecule has 2 nitrogen and oxygen atoms in total. The Balaban J connectivity index is 1.94. The summed E-state index contributed by atoms with van der Waals surface area (Å²) in [7, 11) is 0. The quantitative estimate of drug-likeness (QED) is 0.700. The van der Waals surface area contributed by atoms with Gasteiger partial charge in [0.15, 0.2) is 0 Å². The summed E-state index contributed by atoms with van der Waals surface area (Å²) in [5.74, 6) is 0.896. The van der Waals surface area contributed by atoms with Crippen LogP contribution in [0.25, 0.3) is 10.9 Å². The van der Waals surface area contributed by atoms with Gasteiger partial charge in [-0.15, -0.1) is 0 Å².